The van der Waals surface area contributed by atoms with Crippen LogP contribution in [-0.4, -0.2) is 0 Å². The molecule has 0 aromatic heterocycles. The van der Waals surface area contributed by atoms with Crippen molar-refractivity contribution in [3.63, 3.8) is 0 Å². The number of thioether (sulfide) groups is 1. The first-order chi connectivity index (χ1) is 14.6. The Kier molecular flexibility index (Phi) is 5.58. The predicted molar refractivity (Wildman–Crippen MR) is 130 cm³/mol. The number of aryl methyl sites for hydroxylation is 1. The third-order valence-corrected chi connectivity index (χ3v) is 8.11. The second-order valence-electron chi connectivity index (χ2n) is 8.10. The van der Waals surface area contributed by atoms with E-state index in [4.69, 9.17) is 23.2 Å². The van der Waals surface area contributed by atoms with Crippen molar-refractivity contribution in [2.24, 2.45) is 5.92 Å². The van der Waals surface area contributed by atoms with Crippen molar-refractivity contribution < 1.29 is 0 Å². The molecule has 152 valence electrons. The van der Waals surface area contributed by atoms with Crippen LogP contribution in [0.2, 0.25) is 10.0 Å². The topological polar surface area (TPSA) is 12.0 Å². The van der Waals surface area contributed by atoms with Crippen LogP contribution < -0.4 is 5.32 Å². The van der Waals surface area contributed by atoms with Crippen molar-refractivity contribution in [3.8, 4) is 0 Å². The van der Waals surface area contributed by atoms with Crippen LogP contribution in [0.5, 0.6) is 0 Å². The van der Waals surface area contributed by atoms with Crippen LogP contribution in [0.3, 0.4) is 0 Å². The summed E-state index contributed by atoms with van der Waals surface area (Å²) >= 11 is 14.8. The minimum atomic E-state index is 0.159. The molecule has 3 aromatic rings. The van der Waals surface area contributed by atoms with Crippen LogP contribution in [0.4, 0.5) is 5.69 Å². The van der Waals surface area contributed by atoms with Gasteiger partial charge in [0.05, 0.1) is 16.1 Å². The Labute approximate surface area is 192 Å². The number of fused-ring (bicyclic) bond motifs is 3. The van der Waals surface area contributed by atoms with Gasteiger partial charge in [0.2, 0.25) is 0 Å². The first kappa shape index (κ1) is 20.1. The zero-order valence-corrected chi connectivity index (χ0v) is 19.1. The normalized spacial score (nSPS) is 21.8. The second-order valence-corrected chi connectivity index (χ2v) is 9.93. The van der Waals surface area contributed by atoms with Crippen LogP contribution in [0.25, 0.3) is 0 Å². The molecule has 0 bridgehead atoms. The number of allylic oxidation sites excluding steroid dienone is 2. The van der Waals surface area contributed by atoms with Crippen molar-refractivity contribution in [2.45, 2.75) is 36.0 Å². The van der Waals surface area contributed by atoms with Gasteiger partial charge in [-0.3, -0.25) is 0 Å². The van der Waals surface area contributed by atoms with E-state index in [-0.39, 0.29) is 6.04 Å². The van der Waals surface area contributed by atoms with Crippen molar-refractivity contribution in [2.75, 3.05) is 5.32 Å². The molecule has 3 atom stereocenters. The first-order valence-corrected chi connectivity index (χ1v) is 12.0. The van der Waals surface area contributed by atoms with Gasteiger partial charge in [0, 0.05) is 22.3 Å². The fourth-order valence-electron chi connectivity index (χ4n) is 4.80. The first-order valence-electron chi connectivity index (χ1n) is 10.3. The summed E-state index contributed by atoms with van der Waals surface area (Å²) < 4.78 is 0. The van der Waals surface area contributed by atoms with E-state index in [0.29, 0.717) is 21.9 Å². The SMILES string of the molecule is Cc1cc(CSc2ccccc2)cc2c1N[C@H](c1cccc(Cl)c1Cl)[C@H]1CC=C[C@@H]21. The highest BCUT2D eigenvalue weighted by atomic mass is 35.5. The van der Waals surface area contributed by atoms with Gasteiger partial charge in [0.25, 0.3) is 0 Å². The number of nitrogens with one attached hydrogen (secondary N) is 1. The minimum Gasteiger partial charge on any atom is -0.377 e. The van der Waals surface area contributed by atoms with Crippen molar-refractivity contribution in [3.05, 3.63) is 105 Å². The summed E-state index contributed by atoms with van der Waals surface area (Å²) in [4.78, 5) is 1.31. The lowest BCUT2D eigenvalue weighted by Gasteiger charge is -2.39. The second kappa shape index (κ2) is 8.34. The zero-order chi connectivity index (χ0) is 20.7. The quantitative estimate of drug-likeness (QED) is 0.315. The lowest BCUT2D eigenvalue weighted by Crippen LogP contribution is -2.30. The molecule has 1 heterocycles. The van der Waals surface area contributed by atoms with Gasteiger partial charge in [0.1, 0.15) is 0 Å². The van der Waals surface area contributed by atoms with E-state index in [1.165, 1.54) is 27.3 Å². The van der Waals surface area contributed by atoms with E-state index >= 15 is 0 Å². The highest BCUT2D eigenvalue weighted by Gasteiger charge is 2.39. The van der Waals surface area contributed by atoms with Crippen molar-refractivity contribution >= 4 is 40.7 Å². The average molecular weight is 452 g/mol. The Morgan fingerprint density at radius 2 is 1.83 bits per heavy atom. The molecule has 4 heteroatoms. The van der Waals surface area contributed by atoms with Gasteiger partial charge in [-0.2, -0.15) is 0 Å². The molecule has 0 unspecified atom stereocenters. The summed E-state index contributed by atoms with van der Waals surface area (Å²) in [6.45, 7) is 2.21. The maximum Gasteiger partial charge on any atom is 0.0645 e. The Bertz CT molecular complexity index is 1110. The summed E-state index contributed by atoms with van der Waals surface area (Å²) in [6, 6.07) is 21.4. The number of benzene rings is 3. The van der Waals surface area contributed by atoms with Gasteiger partial charge in [-0.15, -0.1) is 11.8 Å². The minimum absolute atomic E-state index is 0.159. The Morgan fingerprint density at radius 3 is 2.67 bits per heavy atom. The lowest BCUT2D eigenvalue weighted by molar-refractivity contribution is 0.425. The van der Waals surface area contributed by atoms with Gasteiger partial charge in [-0.25, -0.2) is 0 Å². The number of halogens is 2. The molecule has 0 radical (unpaired) electrons. The van der Waals surface area contributed by atoms with Crippen molar-refractivity contribution in [1.82, 2.24) is 0 Å². The summed E-state index contributed by atoms with van der Waals surface area (Å²) in [5.74, 6) is 1.83. The van der Waals surface area contributed by atoms with Gasteiger partial charge in [0.15, 0.2) is 0 Å². The van der Waals surface area contributed by atoms with Crippen LogP contribution >= 0.6 is 35.0 Å². The van der Waals surface area contributed by atoms with Crippen LogP contribution in [0, 0.1) is 12.8 Å². The van der Waals surface area contributed by atoms with Gasteiger partial charge in [-0.05, 0) is 59.7 Å². The summed E-state index contributed by atoms with van der Waals surface area (Å²) in [7, 11) is 0. The van der Waals surface area contributed by atoms with Gasteiger partial charge in [-0.1, -0.05) is 77.8 Å². The van der Waals surface area contributed by atoms with Gasteiger partial charge < -0.3 is 5.32 Å². The smallest absolute Gasteiger partial charge is 0.0645 e. The number of anilines is 1. The summed E-state index contributed by atoms with van der Waals surface area (Å²) in [6.07, 6.45) is 5.74. The molecule has 0 spiro atoms. The molecular formula is C26H23Cl2NS. The van der Waals surface area contributed by atoms with E-state index in [2.05, 4.69) is 72.9 Å². The number of hydrogen-bond acceptors (Lipinski definition) is 2. The largest absolute Gasteiger partial charge is 0.377 e. The molecule has 1 nitrogen and oxygen atoms in total. The van der Waals surface area contributed by atoms with Crippen LogP contribution in [-0.2, 0) is 5.75 Å². The number of rotatable bonds is 4. The third-order valence-electron chi connectivity index (χ3n) is 6.19. The van der Waals surface area contributed by atoms with E-state index in [0.717, 1.165) is 17.7 Å². The summed E-state index contributed by atoms with van der Waals surface area (Å²) in [5, 5.41) is 5.12. The van der Waals surface area contributed by atoms with E-state index in [9.17, 15) is 0 Å². The van der Waals surface area contributed by atoms with Crippen LogP contribution in [0.15, 0.2) is 77.7 Å². The van der Waals surface area contributed by atoms with E-state index in [1.54, 1.807) is 0 Å². The molecule has 1 aliphatic heterocycles. The van der Waals surface area contributed by atoms with Crippen LogP contribution in [0.1, 0.15) is 40.6 Å². The molecular weight excluding hydrogens is 429 g/mol. The van der Waals surface area contributed by atoms with Gasteiger partial charge >= 0.3 is 0 Å². The van der Waals surface area contributed by atoms with Crippen molar-refractivity contribution in [1.29, 1.82) is 0 Å². The molecule has 0 fully saturated rings. The summed E-state index contributed by atoms with van der Waals surface area (Å²) in [5.41, 5.74) is 6.42. The fraction of sp³-hybridized carbons (Fsp3) is 0.231. The maximum atomic E-state index is 6.61. The molecule has 5 rings (SSSR count). The fourth-order valence-corrected chi connectivity index (χ4v) is 6.07. The number of hydrogen-bond donors (Lipinski definition) is 1. The standard InChI is InChI=1S/C26H23Cl2NS/c1-16-13-17(15-30-18-7-3-2-4-8-18)14-22-19-9-5-10-20(19)26(29-25(16)22)21-11-6-12-23(27)24(21)28/h2-9,11-14,19-20,26,29H,10,15H2,1H3/t19-,20+,26+/m1/s1. The molecule has 0 saturated heterocycles. The maximum absolute atomic E-state index is 6.61. The Hall–Kier alpha value is -1.87. The Morgan fingerprint density at radius 1 is 1.00 bits per heavy atom. The molecule has 1 N–H and O–H groups in total. The van der Waals surface area contributed by atoms with E-state index in [1.807, 2.05) is 23.9 Å². The van der Waals surface area contributed by atoms with E-state index < -0.39 is 0 Å². The molecule has 1 aliphatic carbocycles. The highest BCUT2D eigenvalue weighted by Crippen LogP contribution is 2.52. The molecule has 0 saturated carbocycles. The molecule has 0 amide bonds. The molecule has 30 heavy (non-hydrogen) atoms. The highest BCUT2D eigenvalue weighted by molar-refractivity contribution is 7.98. The lowest BCUT2D eigenvalue weighted by atomic mass is 9.76. The third kappa shape index (κ3) is 3.66. The molecule has 3 aromatic carbocycles. The zero-order valence-electron chi connectivity index (χ0n) is 16.7. The Balaban J connectivity index is 1.49. The monoisotopic (exact) mass is 451 g/mol. The predicted octanol–water partition coefficient (Wildman–Crippen LogP) is 8.42. The average Bonchev–Trinajstić information content (AvgIpc) is 3.25. The molecule has 2 aliphatic rings.